The van der Waals surface area contributed by atoms with Gasteiger partial charge in [0, 0.05) is 22.7 Å². The second-order valence-electron chi connectivity index (χ2n) is 4.63. The molecule has 100 valence electrons. The van der Waals surface area contributed by atoms with Crippen LogP contribution in [0, 0.1) is 0 Å². The van der Waals surface area contributed by atoms with E-state index in [0.717, 1.165) is 37.9 Å². The first-order valence-electron chi connectivity index (χ1n) is 6.23. The van der Waals surface area contributed by atoms with Crippen molar-refractivity contribution in [3.8, 4) is 0 Å². The largest absolute Gasteiger partial charge is 0.378 e. The molecule has 5 heteroatoms. The van der Waals surface area contributed by atoms with Crippen molar-refractivity contribution >= 4 is 23.2 Å². The Morgan fingerprint density at radius 1 is 1.33 bits per heavy atom. The maximum absolute atomic E-state index is 6.00. The van der Waals surface area contributed by atoms with Gasteiger partial charge in [-0.05, 0) is 49.4 Å². The zero-order valence-electron chi connectivity index (χ0n) is 10.2. The third kappa shape index (κ3) is 3.84. The van der Waals surface area contributed by atoms with E-state index in [0.29, 0.717) is 16.1 Å². The van der Waals surface area contributed by atoms with E-state index in [1.54, 1.807) is 6.07 Å². The minimum Gasteiger partial charge on any atom is -0.378 e. The number of hydrazine groups is 1. The smallest absolute Gasteiger partial charge is 0.0576 e. The average Bonchev–Trinajstić information content (AvgIpc) is 2.81. The van der Waals surface area contributed by atoms with E-state index in [4.69, 9.17) is 33.8 Å². The molecule has 2 atom stereocenters. The van der Waals surface area contributed by atoms with Gasteiger partial charge in [0.1, 0.15) is 0 Å². The van der Waals surface area contributed by atoms with Crippen molar-refractivity contribution in [1.29, 1.82) is 0 Å². The van der Waals surface area contributed by atoms with Crippen LogP contribution in [0.1, 0.15) is 37.3 Å². The molecule has 1 aromatic rings. The van der Waals surface area contributed by atoms with Gasteiger partial charge in [0.25, 0.3) is 0 Å². The highest BCUT2D eigenvalue weighted by atomic mass is 35.5. The fourth-order valence-electron chi connectivity index (χ4n) is 2.35. The molecule has 18 heavy (non-hydrogen) atoms. The minimum absolute atomic E-state index is 0.0606. The van der Waals surface area contributed by atoms with Gasteiger partial charge in [0.15, 0.2) is 0 Å². The molecule has 0 radical (unpaired) electrons. The maximum Gasteiger partial charge on any atom is 0.0576 e. The van der Waals surface area contributed by atoms with Crippen LogP contribution in [0.3, 0.4) is 0 Å². The molecule has 0 bridgehead atoms. The van der Waals surface area contributed by atoms with Crippen LogP contribution in [0.5, 0.6) is 0 Å². The number of hydrogen-bond acceptors (Lipinski definition) is 3. The number of rotatable bonds is 5. The summed E-state index contributed by atoms with van der Waals surface area (Å²) in [4.78, 5) is 0. The van der Waals surface area contributed by atoms with E-state index in [-0.39, 0.29) is 6.04 Å². The number of halogens is 2. The molecule has 1 heterocycles. The lowest BCUT2D eigenvalue weighted by atomic mass is 10.00. The summed E-state index contributed by atoms with van der Waals surface area (Å²) in [7, 11) is 0. The van der Waals surface area contributed by atoms with E-state index in [1.165, 1.54) is 0 Å². The molecule has 2 unspecified atom stereocenters. The van der Waals surface area contributed by atoms with Crippen molar-refractivity contribution in [3.63, 3.8) is 0 Å². The Kier molecular flexibility index (Phi) is 5.27. The Labute approximate surface area is 118 Å². The molecule has 0 spiro atoms. The summed E-state index contributed by atoms with van der Waals surface area (Å²) in [6.45, 7) is 0.883. The summed E-state index contributed by atoms with van der Waals surface area (Å²) in [5, 5.41) is 1.27. The van der Waals surface area contributed by atoms with E-state index >= 15 is 0 Å². The second-order valence-corrected chi connectivity index (χ2v) is 5.51. The quantitative estimate of drug-likeness (QED) is 0.644. The summed E-state index contributed by atoms with van der Waals surface area (Å²) in [5.74, 6) is 5.61. The second kappa shape index (κ2) is 6.73. The minimum atomic E-state index is 0.0606. The summed E-state index contributed by atoms with van der Waals surface area (Å²) >= 11 is 12.0. The number of hydrogen-bond donors (Lipinski definition) is 2. The van der Waals surface area contributed by atoms with Crippen molar-refractivity contribution in [2.24, 2.45) is 5.84 Å². The van der Waals surface area contributed by atoms with Gasteiger partial charge in [0.2, 0.25) is 0 Å². The number of ether oxygens (including phenoxy) is 1. The molecule has 1 aromatic carbocycles. The standard InChI is InChI=1S/C13H18Cl2N2O/c14-10-6-9(7-11(15)8-10)13(17-16)4-3-12-2-1-5-18-12/h6-8,12-13,17H,1-5,16H2. The molecule has 1 aliphatic heterocycles. The van der Waals surface area contributed by atoms with Crippen LogP contribution in [-0.4, -0.2) is 12.7 Å². The van der Waals surface area contributed by atoms with Gasteiger partial charge in [-0.3, -0.25) is 11.3 Å². The third-order valence-electron chi connectivity index (χ3n) is 3.29. The van der Waals surface area contributed by atoms with Gasteiger partial charge >= 0.3 is 0 Å². The Bertz CT molecular complexity index is 374. The first-order valence-corrected chi connectivity index (χ1v) is 6.98. The van der Waals surface area contributed by atoms with Crippen LogP contribution in [0.25, 0.3) is 0 Å². The topological polar surface area (TPSA) is 47.3 Å². The Hall–Kier alpha value is -0.320. The fraction of sp³-hybridized carbons (Fsp3) is 0.538. The normalized spacial score (nSPS) is 21.2. The Morgan fingerprint density at radius 3 is 2.61 bits per heavy atom. The Balaban J connectivity index is 1.98. The highest BCUT2D eigenvalue weighted by Crippen LogP contribution is 2.27. The molecule has 0 saturated carbocycles. The van der Waals surface area contributed by atoms with Crippen LogP contribution in [0.2, 0.25) is 10.0 Å². The molecule has 1 fully saturated rings. The molecule has 0 amide bonds. The van der Waals surface area contributed by atoms with Gasteiger partial charge in [-0.1, -0.05) is 23.2 Å². The van der Waals surface area contributed by atoms with E-state index < -0.39 is 0 Å². The summed E-state index contributed by atoms with van der Waals surface area (Å²) < 4.78 is 5.61. The van der Waals surface area contributed by atoms with Crippen molar-refractivity contribution in [1.82, 2.24) is 5.43 Å². The molecule has 2 rings (SSSR count). The SMILES string of the molecule is NNC(CCC1CCCO1)c1cc(Cl)cc(Cl)c1. The van der Waals surface area contributed by atoms with Gasteiger partial charge in [-0.15, -0.1) is 0 Å². The van der Waals surface area contributed by atoms with Crippen molar-refractivity contribution in [2.45, 2.75) is 37.8 Å². The van der Waals surface area contributed by atoms with Crippen molar-refractivity contribution < 1.29 is 4.74 Å². The van der Waals surface area contributed by atoms with E-state index in [2.05, 4.69) is 5.43 Å². The predicted molar refractivity (Wildman–Crippen MR) is 74.7 cm³/mol. The molecule has 0 aromatic heterocycles. The number of nitrogens with two attached hydrogens (primary N) is 1. The highest BCUT2D eigenvalue weighted by molar-refractivity contribution is 6.34. The highest BCUT2D eigenvalue weighted by Gasteiger charge is 2.18. The zero-order chi connectivity index (χ0) is 13.0. The van der Waals surface area contributed by atoms with Gasteiger partial charge in [-0.25, -0.2) is 0 Å². The molecule has 3 N–H and O–H groups in total. The predicted octanol–water partition coefficient (Wildman–Crippen LogP) is 3.46. The molecule has 3 nitrogen and oxygen atoms in total. The Morgan fingerprint density at radius 2 is 2.06 bits per heavy atom. The molecular formula is C13H18Cl2N2O. The van der Waals surface area contributed by atoms with Crippen LogP contribution in [0.15, 0.2) is 18.2 Å². The lowest BCUT2D eigenvalue weighted by Crippen LogP contribution is -2.28. The summed E-state index contributed by atoms with van der Waals surface area (Å²) in [6.07, 6.45) is 4.59. The zero-order valence-corrected chi connectivity index (χ0v) is 11.7. The fourth-order valence-corrected chi connectivity index (χ4v) is 2.89. The number of benzene rings is 1. The maximum atomic E-state index is 6.00. The molecule has 1 aliphatic rings. The summed E-state index contributed by atoms with van der Waals surface area (Å²) in [5.41, 5.74) is 3.85. The molecule has 1 saturated heterocycles. The first-order chi connectivity index (χ1) is 8.69. The van der Waals surface area contributed by atoms with Gasteiger partial charge < -0.3 is 4.74 Å². The van der Waals surface area contributed by atoms with Crippen LogP contribution < -0.4 is 11.3 Å². The van der Waals surface area contributed by atoms with Gasteiger partial charge in [0.05, 0.1) is 6.10 Å². The third-order valence-corrected chi connectivity index (χ3v) is 3.73. The first kappa shape index (κ1) is 14.1. The van der Waals surface area contributed by atoms with Crippen molar-refractivity contribution in [3.05, 3.63) is 33.8 Å². The van der Waals surface area contributed by atoms with Crippen LogP contribution in [-0.2, 0) is 4.74 Å². The lowest BCUT2D eigenvalue weighted by Gasteiger charge is -2.19. The van der Waals surface area contributed by atoms with Crippen LogP contribution in [0.4, 0.5) is 0 Å². The van der Waals surface area contributed by atoms with Gasteiger partial charge in [-0.2, -0.15) is 0 Å². The average molecular weight is 289 g/mol. The number of nitrogens with one attached hydrogen (secondary N) is 1. The summed E-state index contributed by atoms with van der Waals surface area (Å²) in [6, 6.07) is 5.58. The molecular weight excluding hydrogens is 271 g/mol. The lowest BCUT2D eigenvalue weighted by molar-refractivity contribution is 0.0996. The molecule has 0 aliphatic carbocycles. The monoisotopic (exact) mass is 288 g/mol. The van der Waals surface area contributed by atoms with Crippen LogP contribution >= 0.6 is 23.2 Å². The van der Waals surface area contributed by atoms with E-state index in [1.807, 2.05) is 12.1 Å². The van der Waals surface area contributed by atoms with Crippen molar-refractivity contribution in [2.75, 3.05) is 6.61 Å². The van der Waals surface area contributed by atoms with E-state index in [9.17, 15) is 0 Å².